The van der Waals surface area contributed by atoms with Gasteiger partial charge in [-0.15, -0.1) is 11.3 Å². The molecular formula is C13H13F2N3O3S. The summed E-state index contributed by atoms with van der Waals surface area (Å²) in [6.45, 7) is 0.274. The molecule has 2 heterocycles. The third-order valence-corrected chi connectivity index (χ3v) is 3.95. The fraction of sp³-hybridized carbons (Fsp3) is 0.308. The molecule has 0 bridgehead atoms. The van der Waals surface area contributed by atoms with E-state index >= 15 is 0 Å². The van der Waals surface area contributed by atoms with Crippen molar-refractivity contribution in [2.75, 3.05) is 5.32 Å². The fourth-order valence-electron chi connectivity index (χ4n) is 2.00. The number of carbonyl (C=O) groups is 2. The van der Waals surface area contributed by atoms with Crippen LogP contribution in [0.3, 0.4) is 0 Å². The molecule has 0 aliphatic heterocycles. The Hall–Kier alpha value is -2.29. The van der Waals surface area contributed by atoms with Gasteiger partial charge in [0.25, 0.3) is 0 Å². The summed E-state index contributed by atoms with van der Waals surface area (Å²) in [5.41, 5.74) is 1.12. The second-order valence-corrected chi connectivity index (χ2v) is 5.51. The number of amides is 1. The van der Waals surface area contributed by atoms with Gasteiger partial charge in [-0.3, -0.25) is 4.79 Å². The number of halogens is 2. The maximum absolute atomic E-state index is 12.7. The minimum atomic E-state index is -2.76. The van der Waals surface area contributed by atoms with Gasteiger partial charge >= 0.3 is 12.5 Å². The van der Waals surface area contributed by atoms with Crippen molar-refractivity contribution >= 4 is 28.2 Å². The summed E-state index contributed by atoms with van der Waals surface area (Å²) in [6, 6.07) is 1.34. The first-order valence-electron chi connectivity index (χ1n) is 6.24. The highest BCUT2D eigenvalue weighted by Gasteiger charge is 2.19. The van der Waals surface area contributed by atoms with Crippen LogP contribution in [0.2, 0.25) is 0 Å². The van der Waals surface area contributed by atoms with Crippen LogP contribution < -0.4 is 5.32 Å². The third-order valence-electron chi connectivity index (χ3n) is 3.11. The van der Waals surface area contributed by atoms with Crippen molar-refractivity contribution in [3.63, 3.8) is 0 Å². The van der Waals surface area contributed by atoms with Gasteiger partial charge in [0, 0.05) is 16.6 Å². The average molecular weight is 329 g/mol. The number of carbonyl (C=O) groups excluding carboxylic acids is 1. The average Bonchev–Trinajstić information content (AvgIpc) is 2.98. The topological polar surface area (TPSA) is 84.2 Å². The molecule has 2 aromatic heterocycles. The molecule has 0 fully saturated rings. The summed E-state index contributed by atoms with van der Waals surface area (Å²) in [5, 5.41) is 16.9. The van der Waals surface area contributed by atoms with Crippen LogP contribution in [-0.4, -0.2) is 26.8 Å². The largest absolute Gasteiger partial charge is 0.478 e. The van der Waals surface area contributed by atoms with Gasteiger partial charge in [0.2, 0.25) is 5.91 Å². The van der Waals surface area contributed by atoms with E-state index in [4.69, 9.17) is 5.11 Å². The maximum Gasteiger partial charge on any atom is 0.336 e. The molecule has 0 aliphatic carbocycles. The van der Waals surface area contributed by atoms with E-state index in [0.717, 1.165) is 11.3 Å². The molecule has 0 radical (unpaired) electrons. The molecule has 2 aromatic rings. The Morgan fingerprint density at radius 1 is 1.45 bits per heavy atom. The predicted octanol–water partition coefficient (Wildman–Crippen LogP) is 2.84. The van der Waals surface area contributed by atoms with Gasteiger partial charge < -0.3 is 10.4 Å². The Kier molecular flexibility index (Phi) is 4.55. The highest BCUT2D eigenvalue weighted by atomic mass is 32.1. The lowest BCUT2D eigenvalue weighted by Gasteiger charge is -2.04. The first-order valence-corrected chi connectivity index (χ1v) is 7.12. The zero-order chi connectivity index (χ0) is 16.4. The van der Waals surface area contributed by atoms with Crippen molar-refractivity contribution in [2.24, 2.45) is 0 Å². The first-order chi connectivity index (χ1) is 10.3. The number of carboxylic acid groups (broad SMARTS) is 1. The van der Waals surface area contributed by atoms with E-state index in [0.29, 0.717) is 20.9 Å². The van der Waals surface area contributed by atoms with Gasteiger partial charge in [0.1, 0.15) is 0 Å². The number of hydrogen-bond donors (Lipinski definition) is 2. The van der Waals surface area contributed by atoms with E-state index in [-0.39, 0.29) is 17.7 Å². The predicted molar refractivity (Wildman–Crippen MR) is 76.6 cm³/mol. The minimum absolute atomic E-state index is 0.0816. The van der Waals surface area contributed by atoms with Crippen molar-refractivity contribution in [3.8, 4) is 0 Å². The van der Waals surface area contributed by atoms with Gasteiger partial charge in [0.15, 0.2) is 0 Å². The molecule has 118 valence electrons. The SMILES string of the molecule is Cc1nn(C(F)F)c(C)c1CC(=O)Nc1cc(C(=O)O)cs1. The molecule has 1 amide bonds. The van der Waals surface area contributed by atoms with E-state index in [1.165, 1.54) is 18.4 Å². The molecule has 0 aromatic carbocycles. The summed E-state index contributed by atoms with van der Waals surface area (Å²) >= 11 is 1.08. The summed E-state index contributed by atoms with van der Waals surface area (Å²) in [7, 11) is 0. The van der Waals surface area contributed by atoms with Crippen LogP contribution in [0.5, 0.6) is 0 Å². The number of carboxylic acids is 1. The summed E-state index contributed by atoms with van der Waals surface area (Å²) in [5.74, 6) is -1.50. The Labute approximate surface area is 128 Å². The maximum atomic E-state index is 12.7. The lowest BCUT2D eigenvalue weighted by atomic mass is 10.1. The number of aryl methyl sites for hydroxylation is 1. The number of aromatic carboxylic acids is 1. The van der Waals surface area contributed by atoms with Crippen LogP contribution in [0.15, 0.2) is 11.4 Å². The number of aromatic nitrogens is 2. The summed E-state index contributed by atoms with van der Waals surface area (Å²) in [6.07, 6.45) is -0.106. The van der Waals surface area contributed by atoms with Crippen LogP contribution >= 0.6 is 11.3 Å². The third kappa shape index (κ3) is 3.30. The van der Waals surface area contributed by atoms with Gasteiger partial charge in [-0.1, -0.05) is 0 Å². The first kappa shape index (κ1) is 16.1. The van der Waals surface area contributed by atoms with Crippen molar-refractivity contribution in [1.29, 1.82) is 0 Å². The molecule has 22 heavy (non-hydrogen) atoms. The Bertz CT molecular complexity index is 724. The van der Waals surface area contributed by atoms with Gasteiger partial charge in [0.05, 0.1) is 22.7 Å². The normalized spacial score (nSPS) is 11.0. The van der Waals surface area contributed by atoms with Crippen molar-refractivity contribution in [1.82, 2.24) is 9.78 Å². The quantitative estimate of drug-likeness (QED) is 0.883. The molecule has 0 saturated heterocycles. The van der Waals surface area contributed by atoms with Crippen molar-refractivity contribution in [2.45, 2.75) is 26.8 Å². The van der Waals surface area contributed by atoms with E-state index in [1.54, 1.807) is 6.92 Å². The smallest absolute Gasteiger partial charge is 0.336 e. The Balaban J connectivity index is 2.10. The molecule has 2 N–H and O–H groups in total. The van der Waals surface area contributed by atoms with Crippen molar-refractivity contribution < 1.29 is 23.5 Å². The Morgan fingerprint density at radius 3 is 2.64 bits per heavy atom. The lowest BCUT2D eigenvalue weighted by Crippen LogP contribution is -2.14. The number of hydrogen-bond acceptors (Lipinski definition) is 4. The molecular weight excluding hydrogens is 316 g/mol. The molecule has 0 spiro atoms. The van der Waals surface area contributed by atoms with Gasteiger partial charge in [-0.05, 0) is 19.9 Å². The second kappa shape index (κ2) is 6.22. The summed E-state index contributed by atoms with van der Waals surface area (Å²) in [4.78, 5) is 22.7. The molecule has 0 aliphatic rings. The minimum Gasteiger partial charge on any atom is -0.478 e. The van der Waals surface area contributed by atoms with Crippen molar-refractivity contribution in [3.05, 3.63) is 34.0 Å². The molecule has 6 nitrogen and oxygen atoms in total. The van der Waals surface area contributed by atoms with Crippen LogP contribution in [0.25, 0.3) is 0 Å². The summed E-state index contributed by atoms with van der Waals surface area (Å²) < 4.78 is 26.0. The number of alkyl halides is 2. The van der Waals surface area contributed by atoms with E-state index in [2.05, 4.69) is 10.4 Å². The number of nitrogens with zero attached hydrogens (tertiary/aromatic N) is 2. The van der Waals surface area contributed by atoms with Gasteiger partial charge in [-0.2, -0.15) is 13.9 Å². The van der Waals surface area contributed by atoms with Crippen LogP contribution in [-0.2, 0) is 11.2 Å². The standard InChI is InChI=1S/C13H13F2N3O3S/c1-6-9(7(2)18(17-6)13(14)15)4-10(19)16-11-3-8(5-22-11)12(20)21/h3,5,13H,4H2,1-2H3,(H,16,19)(H,20,21). The van der Waals surface area contributed by atoms with E-state index in [9.17, 15) is 18.4 Å². The highest BCUT2D eigenvalue weighted by Crippen LogP contribution is 2.22. The monoisotopic (exact) mass is 329 g/mol. The molecule has 0 atom stereocenters. The lowest BCUT2D eigenvalue weighted by molar-refractivity contribution is -0.115. The zero-order valence-electron chi connectivity index (χ0n) is 11.8. The number of thiophene rings is 1. The molecule has 9 heteroatoms. The zero-order valence-corrected chi connectivity index (χ0v) is 12.6. The fourth-order valence-corrected chi connectivity index (χ4v) is 2.79. The molecule has 2 rings (SSSR count). The second-order valence-electron chi connectivity index (χ2n) is 4.60. The van der Waals surface area contributed by atoms with Crippen LogP contribution in [0.4, 0.5) is 13.8 Å². The molecule has 0 unspecified atom stereocenters. The molecule has 0 saturated carbocycles. The van der Waals surface area contributed by atoms with E-state index < -0.39 is 18.4 Å². The van der Waals surface area contributed by atoms with Crippen LogP contribution in [0.1, 0.15) is 33.9 Å². The van der Waals surface area contributed by atoms with E-state index in [1.807, 2.05) is 0 Å². The Morgan fingerprint density at radius 2 is 2.14 bits per heavy atom. The van der Waals surface area contributed by atoms with Crippen LogP contribution in [0, 0.1) is 13.8 Å². The number of anilines is 1. The number of nitrogens with one attached hydrogen (secondary N) is 1. The number of rotatable bonds is 5. The highest BCUT2D eigenvalue weighted by molar-refractivity contribution is 7.14. The van der Waals surface area contributed by atoms with Gasteiger partial charge in [-0.25, -0.2) is 9.48 Å².